The molecule has 7 nitrogen and oxygen atoms in total. The number of anilines is 1. The Balaban J connectivity index is 1.74. The number of aromatic carboxylic acids is 1. The van der Waals surface area contributed by atoms with Crippen LogP contribution in [-0.2, 0) is 13.0 Å². The van der Waals surface area contributed by atoms with E-state index < -0.39 is 5.97 Å². The minimum absolute atomic E-state index is 0.276. The van der Waals surface area contributed by atoms with Gasteiger partial charge in [-0.15, -0.1) is 0 Å². The minimum atomic E-state index is -0.957. The number of carbonyl (C=O) groups is 1. The Morgan fingerprint density at radius 3 is 2.54 bits per heavy atom. The van der Waals surface area contributed by atoms with Gasteiger partial charge in [0.2, 0.25) is 5.95 Å². The van der Waals surface area contributed by atoms with Gasteiger partial charge in [0.15, 0.2) is 0 Å². The molecule has 1 aliphatic rings. The zero-order chi connectivity index (χ0) is 18.1. The van der Waals surface area contributed by atoms with Crippen LogP contribution in [0, 0.1) is 6.92 Å². The third kappa shape index (κ3) is 2.88. The molecule has 0 bridgehead atoms. The highest BCUT2D eigenvalue weighted by molar-refractivity contribution is 5.96. The smallest absolute Gasteiger partial charge is 0.338 e. The summed E-state index contributed by atoms with van der Waals surface area (Å²) < 4.78 is 0. The number of hydrogen-bond donors (Lipinski definition) is 1. The lowest BCUT2D eigenvalue weighted by Crippen LogP contribution is -2.33. The molecule has 0 atom stereocenters. The van der Waals surface area contributed by atoms with Crippen LogP contribution in [0.15, 0.2) is 43.1 Å². The second kappa shape index (κ2) is 6.51. The Kier molecular flexibility index (Phi) is 4.04. The van der Waals surface area contributed by atoms with Gasteiger partial charge in [0, 0.05) is 49.6 Å². The second-order valence-electron chi connectivity index (χ2n) is 6.26. The number of rotatable bonds is 3. The molecule has 0 amide bonds. The van der Waals surface area contributed by atoms with Crippen LogP contribution < -0.4 is 4.90 Å². The van der Waals surface area contributed by atoms with Crippen molar-refractivity contribution in [2.24, 2.45) is 0 Å². The summed E-state index contributed by atoms with van der Waals surface area (Å²) in [4.78, 5) is 31.2. The number of fused-ring (bicyclic) bond motifs is 1. The summed E-state index contributed by atoms with van der Waals surface area (Å²) in [7, 11) is 0. The number of aromatic nitrogens is 4. The summed E-state index contributed by atoms with van der Waals surface area (Å²) in [6.07, 6.45) is 9.21. The molecule has 0 unspecified atom stereocenters. The van der Waals surface area contributed by atoms with Gasteiger partial charge in [-0.1, -0.05) is 0 Å². The Morgan fingerprint density at radius 2 is 1.85 bits per heavy atom. The van der Waals surface area contributed by atoms with Crippen LogP contribution >= 0.6 is 0 Å². The molecule has 1 aliphatic heterocycles. The van der Waals surface area contributed by atoms with E-state index in [1.54, 1.807) is 43.1 Å². The van der Waals surface area contributed by atoms with Gasteiger partial charge in [0.1, 0.15) is 0 Å². The van der Waals surface area contributed by atoms with Crippen molar-refractivity contribution < 1.29 is 9.90 Å². The molecule has 4 heterocycles. The van der Waals surface area contributed by atoms with Crippen LogP contribution in [0.3, 0.4) is 0 Å². The van der Waals surface area contributed by atoms with Gasteiger partial charge in [-0.2, -0.15) is 0 Å². The fraction of sp³-hybridized carbons (Fsp3) is 0.211. The summed E-state index contributed by atoms with van der Waals surface area (Å²) in [5, 5.41) is 9.80. The number of pyridine rings is 2. The van der Waals surface area contributed by atoms with Crippen molar-refractivity contribution >= 4 is 11.9 Å². The Hall–Kier alpha value is -3.35. The van der Waals surface area contributed by atoms with Crippen LogP contribution in [0.5, 0.6) is 0 Å². The van der Waals surface area contributed by atoms with Gasteiger partial charge in [-0.3, -0.25) is 9.97 Å². The quantitative estimate of drug-likeness (QED) is 0.778. The summed E-state index contributed by atoms with van der Waals surface area (Å²) in [6.45, 7) is 3.15. The van der Waals surface area contributed by atoms with E-state index >= 15 is 0 Å². The number of carboxylic acids is 1. The first kappa shape index (κ1) is 16.1. The van der Waals surface area contributed by atoms with Gasteiger partial charge in [0.25, 0.3) is 0 Å². The molecular weight excluding hydrogens is 330 g/mol. The highest BCUT2D eigenvalue weighted by atomic mass is 16.4. The van der Waals surface area contributed by atoms with Crippen molar-refractivity contribution in [3.8, 4) is 11.3 Å². The topological polar surface area (TPSA) is 92.1 Å². The van der Waals surface area contributed by atoms with E-state index in [-0.39, 0.29) is 5.56 Å². The maximum atomic E-state index is 12.0. The molecule has 0 aromatic carbocycles. The van der Waals surface area contributed by atoms with E-state index in [1.807, 2.05) is 11.8 Å². The molecule has 130 valence electrons. The van der Waals surface area contributed by atoms with Crippen LogP contribution in [0.2, 0.25) is 0 Å². The van der Waals surface area contributed by atoms with Crippen molar-refractivity contribution in [1.29, 1.82) is 0 Å². The third-order valence-corrected chi connectivity index (χ3v) is 4.49. The van der Waals surface area contributed by atoms with E-state index in [0.717, 1.165) is 22.3 Å². The van der Waals surface area contributed by atoms with Crippen molar-refractivity contribution in [2.45, 2.75) is 19.9 Å². The lowest BCUT2D eigenvalue weighted by atomic mass is 9.93. The third-order valence-electron chi connectivity index (χ3n) is 4.49. The fourth-order valence-electron chi connectivity index (χ4n) is 3.22. The zero-order valence-corrected chi connectivity index (χ0v) is 14.3. The van der Waals surface area contributed by atoms with Crippen molar-refractivity contribution in [2.75, 3.05) is 11.4 Å². The average molecular weight is 347 g/mol. The van der Waals surface area contributed by atoms with Crippen LogP contribution in [0.4, 0.5) is 5.95 Å². The van der Waals surface area contributed by atoms with E-state index in [4.69, 9.17) is 0 Å². The van der Waals surface area contributed by atoms with Gasteiger partial charge in [0.05, 0.1) is 11.3 Å². The van der Waals surface area contributed by atoms with Gasteiger partial charge in [-0.05, 0) is 42.2 Å². The molecule has 0 saturated carbocycles. The van der Waals surface area contributed by atoms with E-state index in [2.05, 4.69) is 19.9 Å². The van der Waals surface area contributed by atoms with E-state index in [0.29, 0.717) is 31.2 Å². The molecule has 0 radical (unpaired) electrons. The predicted molar refractivity (Wildman–Crippen MR) is 96.0 cm³/mol. The first-order valence-corrected chi connectivity index (χ1v) is 8.31. The summed E-state index contributed by atoms with van der Waals surface area (Å²) in [5.41, 5.74) is 4.25. The Labute approximate surface area is 150 Å². The maximum absolute atomic E-state index is 12.0. The molecule has 3 aromatic rings. The number of aryl methyl sites for hydroxylation is 1. The summed E-state index contributed by atoms with van der Waals surface area (Å²) >= 11 is 0. The molecule has 7 heteroatoms. The second-order valence-corrected chi connectivity index (χ2v) is 6.26. The standard InChI is InChI=1S/C19H17N5O2/c1-12-8-22-19(23-9-12)24-7-4-15-14(11-24)10-21-17(16(15)18(25)26)13-2-5-20-6-3-13/h2-3,5-6,8-10H,4,7,11H2,1H3,(H,25,26). The molecule has 0 spiro atoms. The van der Waals surface area contributed by atoms with Crippen molar-refractivity contribution in [1.82, 2.24) is 19.9 Å². The summed E-state index contributed by atoms with van der Waals surface area (Å²) in [5.74, 6) is -0.308. The lowest BCUT2D eigenvalue weighted by molar-refractivity contribution is 0.0696. The Morgan fingerprint density at radius 1 is 1.12 bits per heavy atom. The SMILES string of the molecule is Cc1cnc(N2CCc3c(cnc(-c4ccncc4)c3C(=O)O)C2)nc1. The van der Waals surface area contributed by atoms with Gasteiger partial charge >= 0.3 is 5.97 Å². The molecule has 0 aliphatic carbocycles. The average Bonchev–Trinajstić information content (AvgIpc) is 2.67. The minimum Gasteiger partial charge on any atom is -0.478 e. The first-order chi connectivity index (χ1) is 12.6. The normalized spacial score (nSPS) is 13.3. The highest BCUT2D eigenvalue weighted by Gasteiger charge is 2.26. The Bertz CT molecular complexity index is 958. The molecule has 26 heavy (non-hydrogen) atoms. The molecular formula is C19H17N5O2. The summed E-state index contributed by atoms with van der Waals surface area (Å²) in [6, 6.07) is 3.55. The van der Waals surface area contributed by atoms with Crippen molar-refractivity contribution in [3.63, 3.8) is 0 Å². The maximum Gasteiger partial charge on any atom is 0.338 e. The van der Waals surface area contributed by atoms with Crippen LogP contribution in [0.1, 0.15) is 27.0 Å². The number of hydrogen-bond acceptors (Lipinski definition) is 6. The number of nitrogens with zero attached hydrogens (tertiary/aromatic N) is 5. The lowest BCUT2D eigenvalue weighted by Gasteiger charge is -2.30. The fourth-order valence-corrected chi connectivity index (χ4v) is 3.22. The van der Waals surface area contributed by atoms with Gasteiger partial charge in [-0.25, -0.2) is 14.8 Å². The van der Waals surface area contributed by atoms with Gasteiger partial charge < -0.3 is 10.0 Å². The van der Waals surface area contributed by atoms with Crippen molar-refractivity contribution in [3.05, 3.63) is 65.4 Å². The molecule has 3 aromatic heterocycles. The van der Waals surface area contributed by atoms with Crippen LogP contribution in [-0.4, -0.2) is 37.6 Å². The zero-order valence-electron chi connectivity index (χ0n) is 14.3. The first-order valence-electron chi connectivity index (χ1n) is 8.31. The largest absolute Gasteiger partial charge is 0.478 e. The molecule has 0 fully saturated rings. The monoisotopic (exact) mass is 347 g/mol. The number of carboxylic acid groups (broad SMARTS) is 1. The highest BCUT2D eigenvalue weighted by Crippen LogP contribution is 2.30. The molecule has 4 rings (SSSR count). The van der Waals surface area contributed by atoms with E-state index in [9.17, 15) is 9.90 Å². The molecule has 0 saturated heterocycles. The predicted octanol–water partition coefficient (Wildman–Crippen LogP) is 2.50. The van der Waals surface area contributed by atoms with E-state index in [1.165, 1.54) is 0 Å². The van der Waals surface area contributed by atoms with Crippen LogP contribution in [0.25, 0.3) is 11.3 Å². The molecule has 1 N–H and O–H groups in total.